The van der Waals surface area contributed by atoms with E-state index in [4.69, 9.17) is 37.4 Å². The molecular formula is C24H20Cl2N2O7S. The van der Waals surface area contributed by atoms with Crippen molar-refractivity contribution < 1.29 is 32.2 Å². The molecule has 0 saturated carbocycles. The SMILES string of the molecule is COC(=O)NC1(c2ccccc2Cl)C(=O)N(S(=O)(=O)c2ccc(OC)cc2OC)c2ccc(Cl)cc21. The van der Waals surface area contributed by atoms with Gasteiger partial charge in [-0.15, -0.1) is 0 Å². The van der Waals surface area contributed by atoms with Gasteiger partial charge < -0.3 is 14.2 Å². The minimum Gasteiger partial charge on any atom is -0.497 e. The highest BCUT2D eigenvalue weighted by atomic mass is 35.5. The fourth-order valence-electron chi connectivity index (χ4n) is 4.11. The van der Waals surface area contributed by atoms with Gasteiger partial charge in [-0.05, 0) is 36.4 Å². The number of alkyl carbamates (subject to hydrolysis) is 1. The van der Waals surface area contributed by atoms with Gasteiger partial charge in [0, 0.05) is 27.2 Å². The van der Waals surface area contributed by atoms with Gasteiger partial charge in [0.1, 0.15) is 16.4 Å². The summed E-state index contributed by atoms with van der Waals surface area (Å²) < 4.78 is 43.8. The van der Waals surface area contributed by atoms with E-state index in [1.807, 2.05) is 0 Å². The predicted octanol–water partition coefficient (Wildman–Crippen LogP) is 4.35. The molecule has 3 aromatic rings. The molecule has 1 aliphatic heterocycles. The molecule has 188 valence electrons. The second kappa shape index (κ2) is 9.53. The maximum Gasteiger partial charge on any atom is 0.408 e. The zero-order valence-corrected chi connectivity index (χ0v) is 21.6. The smallest absolute Gasteiger partial charge is 0.408 e. The van der Waals surface area contributed by atoms with Crippen LogP contribution >= 0.6 is 23.2 Å². The Hall–Kier alpha value is -3.47. The Kier molecular flexibility index (Phi) is 6.78. The van der Waals surface area contributed by atoms with Crippen LogP contribution < -0.4 is 19.1 Å². The summed E-state index contributed by atoms with van der Waals surface area (Å²) in [5, 5.41) is 2.83. The molecule has 1 heterocycles. The standard InChI is InChI=1S/C24H20Cl2N2O7S/c1-33-15-9-11-21(20(13-15)34-2)36(31,32)28-19-10-8-14(25)12-17(19)24(22(28)29,27-23(30)35-3)16-6-4-5-7-18(16)26/h4-13H,1-3H3,(H,27,30). The van der Waals surface area contributed by atoms with E-state index >= 15 is 0 Å². The van der Waals surface area contributed by atoms with Crippen LogP contribution in [0.5, 0.6) is 11.5 Å². The maximum atomic E-state index is 14.3. The molecule has 0 aromatic heterocycles. The first-order valence-electron chi connectivity index (χ1n) is 10.3. The Balaban J connectivity index is 2.04. The van der Waals surface area contributed by atoms with Crippen LogP contribution in [-0.4, -0.2) is 41.7 Å². The summed E-state index contributed by atoms with van der Waals surface area (Å²) in [6.45, 7) is 0. The van der Waals surface area contributed by atoms with Gasteiger partial charge in [-0.2, -0.15) is 4.31 Å². The molecule has 0 bridgehead atoms. The Morgan fingerprint density at radius 1 is 0.944 bits per heavy atom. The number of methoxy groups -OCH3 is 3. The van der Waals surface area contributed by atoms with Gasteiger partial charge in [0.25, 0.3) is 15.9 Å². The van der Waals surface area contributed by atoms with Crippen LogP contribution in [0.25, 0.3) is 0 Å². The highest BCUT2D eigenvalue weighted by Crippen LogP contribution is 2.50. The summed E-state index contributed by atoms with van der Waals surface area (Å²) in [7, 11) is -0.764. The van der Waals surface area contributed by atoms with Crippen LogP contribution in [0.2, 0.25) is 10.0 Å². The first-order valence-corrected chi connectivity index (χ1v) is 12.5. The summed E-state index contributed by atoms with van der Waals surface area (Å²) in [6.07, 6.45) is -0.990. The van der Waals surface area contributed by atoms with E-state index in [-0.39, 0.29) is 37.5 Å². The van der Waals surface area contributed by atoms with Crippen LogP contribution in [0.4, 0.5) is 10.5 Å². The average Bonchev–Trinajstić information content (AvgIpc) is 3.11. The monoisotopic (exact) mass is 550 g/mol. The number of hydrogen-bond acceptors (Lipinski definition) is 7. The number of halogens is 2. The average molecular weight is 551 g/mol. The molecule has 3 aromatic carbocycles. The summed E-state index contributed by atoms with van der Waals surface area (Å²) >= 11 is 12.7. The molecule has 0 fully saturated rings. The number of anilines is 1. The quantitative estimate of drug-likeness (QED) is 0.485. The lowest BCUT2D eigenvalue weighted by Crippen LogP contribution is -2.54. The van der Waals surface area contributed by atoms with Gasteiger partial charge in [-0.25, -0.2) is 13.2 Å². The third-order valence-electron chi connectivity index (χ3n) is 5.73. The third-order valence-corrected chi connectivity index (χ3v) is 8.03. The number of carbonyl (C=O) groups is 2. The second-order valence-electron chi connectivity index (χ2n) is 7.60. The fraction of sp³-hybridized carbons (Fsp3) is 0.167. The third kappa shape index (κ3) is 3.91. The summed E-state index contributed by atoms with van der Waals surface area (Å²) in [6, 6.07) is 14.5. The van der Waals surface area contributed by atoms with Gasteiger partial charge in [-0.3, -0.25) is 10.1 Å². The molecule has 12 heteroatoms. The van der Waals surface area contributed by atoms with E-state index in [1.165, 1.54) is 62.8 Å². The number of nitrogens with one attached hydrogen (secondary N) is 1. The topological polar surface area (TPSA) is 111 Å². The van der Waals surface area contributed by atoms with Crippen molar-refractivity contribution in [1.29, 1.82) is 0 Å². The van der Waals surface area contributed by atoms with Crippen LogP contribution in [0.3, 0.4) is 0 Å². The Bertz CT molecular complexity index is 1480. The molecule has 0 radical (unpaired) electrons. The Morgan fingerprint density at radius 3 is 2.31 bits per heavy atom. The van der Waals surface area contributed by atoms with Crippen LogP contribution in [0.15, 0.2) is 65.6 Å². The number of hydrogen-bond donors (Lipinski definition) is 1. The van der Waals surface area contributed by atoms with Crippen LogP contribution in [0.1, 0.15) is 11.1 Å². The second-order valence-corrected chi connectivity index (χ2v) is 10.2. The molecule has 0 saturated heterocycles. The molecule has 2 amide bonds. The van der Waals surface area contributed by atoms with Crippen LogP contribution in [-0.2, 0) is 25.1 Å². The van der Waals surface area contributed by atoms with E-state index in [9.17, 15) is 18.0 Å². The van der Waals surface area contributed by atoms with E-state index < -0.39 is 27.6 Å². The molecule has 0 spiro atoms. The first-order chi connectivity index (χ1) is 17.1. The van der Waals surface area contributed by atoms with Crippen molar-refractivity contribution in [3.8, 4) is 11.5 Å². The van der Waals surface area contributed by atoms with Crippen molar-refractivity contribution >= 4 is 50.9 Å². The van der Waals surface area contributed by atoms with E-state index in [2.05, 4.69) is 5.32 Å². The van der Waals surface area contributed by atoms with Crippen molar-refractivity contribution in [3.63, 3.8) is 0 Å². The number of carbonyl (C=O) groups excluding carboxylic acids is 2. The molecule has 1 atom stereocenters. The lowest BCUT2D eigenvalue weighted by atomic mass is 9.84. The number of fused-ring (bicyclic) bond motifs is 1. The minimum absolute atomic E-state index is 0.0291. The van der Waals surface area contributed by atoms with Crippen molar-refractivity contribution in [2.45, 2.75) is 10.4 Å². The number of ether oxygens (including phenoxy) is 3. The summed E-state index contributed by atoms with van der Waals surface area (Å²) in [5.41, 5.74) is -1.88. The lowest BCUT2D eigenvalue weighted by Gasteiger charge is -2.30. The van der Waals surface area contributed by atoms with Gasteiger partial charge in [0.2, 0.25) is 0 Å². The van der Waals surface area contributed by atoms with Crippen molar-refractivity contribution in [3.05, 3.63) is 81.8 Å². The van der Waals surface area contributed by atoms with Crippen LogP contribution in [0, 0.1) is 0 Å². The lowest BCUT2D eigenvalue weighted by molar-refractivity contribution is -0.121. The summed E-state index contributed by atoms with van der Waals surface area (Å²) in [4.78, 5) is 26.5. The van der Waals surface area contributed by atoms with Crippen molar-refractivity contribution in [2.24, 2.45) is 0 Å². The molecule has 1 aliphatic rings. The fourth-order valence-corrected chi connectivity index (χ4v) is 6.16. The van der Waals surface area contributed by atoms with E-state index in [1.54, 1.807) is 12.1 Å². The van der Waals surface area contributed by atoms with E-state index in [0.29, 0.717) is 10.1 Å². The van der Waals surface area contributed by atoms with Gasteiger partial charge in [0.15, 0.2) is 5.54 Å². The number of sulfonamides is 1. The molecule has 1 unspecified atom stereocenters. The molecule has 9 nitrogen and oxygen atoms in total. The first kappa shape index (κ1) is 25.6. The largest absolute Gasteiger partial charge is 0.497 e. The van der Waals surface area contributed by atoms with Crippen molar-refractivity contribution in [1.82, 2.24) is 5.32 Å². The zero-order valence-electron chi connectivity index (χ0n) is 19.2. The van der Waals surface area contributed by atoms with E-state index in [0.717, 1.165) is 7.11 Å². The summed E-state index contributed by atoms with van der Waals surface area (Å²) in [5.74, 6) is -0.714. The number of rotatable bonds is 6. The molecule has 0 aliphatic carbocycles. The van der Waals surface area contributed by atoms with Gasteiger partial charge in [0.05, 0.1) is 27.0 Å². The highest BCUT2D eigenvalue weighted by Gasteiger charge is 2.58. The molecular weight excluding hydrogens is 531 g/mol. The molecule has 36 heavy (non-hydrogen) atoms. The minimum atomic E-state index is -4.59. The molecule has 4 rings (SSSR count). The number of amides is 2. The zero-order chi connectivity index (χ0) is 26.3. The Morgan fingerprint density at radius 2 is 1.67 bits per heavy atom. The number of nitrogens with zero attached hydrogens (tertiary/aromatic N) is 1. The van der Waals surface area contributed by atoms with Gasteiger partial charge >= 0.3 is 6.09 Å². The molecule has 1 N–H and O–H groups in total. The highest BCUT2D eigenvalue weighted by molar-refractivity contribution is 7.93. The predicted molar refractivity (Wildman–Crippen MR) is 133 cm³/mol. The maximum absolute atomic E-state index is 14.3. The normalized spacial score (nSPS) is 16.9. The van der Waals surface area contributed by atoms with Crippen molar-refractivity contribution in [2.75, 3.05) is 25.6 Å². The van der Waals surface area contributed by atoms with Gasteiger partial charge in [-0.1, -0.05) is 41.4 Å². The Labute approximate surface area is 217 Å². The number of benzene rings is 3.